The molecule has 0 unspecified atom stereocenters. The van der Waals surface area contributed by atoms with Crippen LogP contribution in [0.25, 0.3) is 0 Å². The molecule has 2 rings (SSSR count). The van der Waals surface area contributed by atoms with Crippen molar-refractivity contribution in [3.05, 3.63) is 34.3 Å². The molecule has 1 aliphatic rings. The molecule has 1 aliphatic heterocycles. The van der Waals surface area contributed by atoms with Gasteiger partial charge < -0.3 is 5.32 Å². The Hall–Kier alpha value is -0.870. The van der Waals surface area contributed by atoms with Gasteiger partial charge >= 0.3 is 0 Å². The molecule has 0 aromatic heterocycles. The molecule has 1 saturated heterocycles. The van der Waals surface area contributed by atoms with E-state index in [1.165, 1.54) is 0 Å². The Morgan fingerprint density at radius 2 is 1.85 bits per heavy atom. The molecule has 110 valence electrons. The predicted octanol–water partition coefficient (Wildman–Crippen LogP) is 3.44. The molecule has 0 bridgehead atoms. The van der Waals surface area contributed by atoms with E-state index in [1.54, 1.807) is 0 Å². The number of carbonyl (C=O) groups excluding carboxylic acids is 1. The molecule has 3 nitrogen and oxygen atoms in total. The predicted molar refractivity (Wildman–Crippen MR) is 86.0 cm³/mol. The van der Waals surface area contributed by atoms with Gasteiger partial charge in [0, 0.05) is 29.1 Å². The molecule has 1 amide bonds. The van der Waals surface area contributed by atoms with Gasteiger partial charge in [-0.05, 0) is 61.7 Å². The molecule has 20 heavy (non-hydrogen) atoms. The van der Waals surface area contributed by atoms with Crippen molar-refractivity contribution >= 4 is 21.8 Å². The van der Waals surface area contributed by atoms with Crippen molar-refractivity contribution in [2.45, 2.75) is 45.2 Å². The average molecular weight is 339 g/mol. The SMILES string of the molecule is CC(C)(C)N1CCC(NC(=O)c2ccccc2Br)CC1. The lowest BCUT2D eigenvalue weighted by molar-refractivity contribution is 0.0812. The lowest BCUT2D eigenvalue weighted by Gasteiger charge is -2.41. The van der Waals surface area contributed by atoms with Crippen LogP contribution in [0.3, 0.4) is 0 Å². The van der Waals surface area contributed by atoms with E-state index < -0.39 is 0 Å². The van der Waals surface area contributed by atoms with Gasteiger partial charge in [-0.2, -0.15) is 0 Å². The molecule has 1 fully saturated rings. The van der Waals surface area contributed by atoms with Crippen molar-refractivity contribution in [3.8, 4) is 0 Å². The summed E-state index contributed by atoms with van der Waals surface area (Å²) in [6.07, 6.45) is 2.04. The number of nitrogens with one attached hydrogen (secondary N) is 1. The number of likely N-dealkylation sites (tertiary alicyclic amines) is 1. The van der Waals surface area contributed by atoms with Crippen molar-refractivity contribution in [1.82, 2.24) is 10.2 Å². The van der Waals surface area contributed by atoms with Gasteiger partial charge in [0.25, 0.3) is 5.91 Å². The maximum Gasteiger partial charge on any atom is 0.252 e. The number of amides is 1. The number of hydrogen-bond donors (Lipinski definition) is 1. The maximum atomic E-state index is 12.3. The Morgan fingerprint density at radius 3 is 2.40 bits per heavy atom. The highest BCUT2D eigenvalue weighted by Gasteiger charge is 2.27. The minimum Gasteiger partial charge on any atom is -0.349 e. The summed E-state index contributed by atoms with van der Waals surface area (Å²) in [5.41, 5.74) is 0.933. The van der Waals surface area contributed by atoms with Crippen LogP contribution in [0.4, 0.5) is 0 Å². The monoisotopic (exact) mass is 338 g/mol. The highest BCUT2D eigenvalue weighted by atomic mass is 79.9. The number of halogens is 1. The third-order valence-electron chi connectivity index (χ3n) is 3.90. The van der Waals surface area contributed by atoms with Gasteiger partial charge in [0.2, 0.25) is 0 Å². The van der Waals surface area contributed by atoms with Crippen molar-refractivity contribution in [1.29, 1.82) is 0 Å². The summed E-state index contributed by atoms with van der Waals surface area (Å²) in [5.74, 6) is 0.0201. The summed E-state index contributed by atoms with van der Waals surface area (Å²) in [6, 6.07) is 7.85. The van der Waals surface area contributed by atoms with Crippen LogP contribution >= 0.6 is 15.9 Å². The molecule has 0 spiro atoms. The van der Waals surface area contributed by atoms with Gasteiger partial charge in [0.15, 0.2) is 0 Å². The Morgan fingerprint density at radius 1 is 1.25 bits per heavy atom. The second-order valence-corrected chi connectivity index (χ2v) is 7.24. The van der Waals surface area contributed by atoms with Crippen LogP contribution in [0, 0.1) is 0 Å². The first-order valence-corrected chi connectivity index (χ1v) is 7.97. The van der Waals surface area contributed by atoms with E-state index >= 15 is 0 Å². The second-order valence-electron chi connectivity index (χ2n) is 6.39. The van der Waals surface area contributed by atoms with Gasteiger partial charge in [0.05, 0.1) is 5.56 Å². The van der Waals surface area contributed by atoms with Gasteiger partial charge in [-0.3, -0.25) is 9.69 Å². The van der Waals surface area contributed by atoms with E-state index in [-0.39, 0.29) is 17.5 Å². The number of piperidine rings is 1. The van der Waals surface area contributed by atoms with E-state index in [0.717, 1.165) is 30.4 Å². The van der Waals surface area contributed by atoms with E-state index in [2.05, 4.69) is 46.9 Å². The fraction of sp³-hybridized carbons (Fsp3) is 0.562. The van der Waals surface area contributed by atoms with Crippen LogP contribution in [0.5, 0.6) is 0 Å². The van der Waals surface area contributed by atoms with Gasteiger partial charge in [-0.25, -0.2) is 0 Å². The van der Waals surface area contributed by atoms with Crippen molar-refractivity contribution in [2.24, 2.45) is 0 Å². The first-order valence-electron chi connectivity index (χ1n) is 7.18. The third-order valence-corrected chi connectivity index (χ3v) is 4.59. The second kappa shape index (κ2) is 6.27. The lowest BCUT2D eigenvalue weighted by atomic mass is 9.98. The summed E-state index contributed by atoms with van der Waals surface area (Å²) < 4.78 is 0.852. The van der Waals surface area contributed by atoms with Crippen LogP contribution in [0.15, 0.2) is 28.7 Å². The quantitative estimate of drug-likeness (QED) is 0.895. The summed E-state index contributed by atoms with van der Waals surface area (Å²) in [6.45, 7) is 8.82. The standard InChI is InChI=1S/C16H23BrN2O/c1-16(2,3)19-10-8-12(9-11-19)18-15(20)13-6-4-5-7-14(13)17/h4-7,12H,8-11H2,1-3H3,(H,18,20). The molecule has 1 aromatic carbocycles. The molecule has 1 N–H and O–H groups in total. The summed E-state index contributed by atoms with van der Waals surface area (Å²) in [4.78, 5) is 14.7. The van der Waals surface area contributed by atoms with Crippen molar-refractivity contribution in [2.75, 3.05) is 13.1 Å². The maximum absolute atomic E-state index is 12.3. The van der Waals surface area contributed by atoms with Crippen molar-refractivity contribution < 1.29 is 4.79 Å². The van der Waals surface area contributed by atoms with Gasteiger partial charge in [-0.1, -0.05) is 12.1 Å². The zero-order valence-corrected chi connectivity index (χ0v) is 14.0. The number of rotatable bonds is 2. The molecular weight excluding hydrogens is 316 g/mol. The highest BCUT2D eigenvalue weighted by molar-refractivity contribution is 9.10. The van der Waals surface area contributed by atoms with E-state index in [4.69, 9.17) is 0 Å². The largest absolute Gasteiger partial charge is 0.349 e. The van der Waals surface area contributed by atoms with E-state index in [1.807, 2.05) is 24.3 Å². The summed E-state index contributed by atoms with van der Waals surface area (Å²) in [7, 11) is 0. The normalized spacial score (nSPS) is 18.0. The molecule has 0 radical (unpaired) electrons. The molecule has 0 atom stereocenters. The first-order chi connectivity index (χ1) is 9.38. The third kappa shape index (κ3) is 3.83. The van der Waals surface area contributed by atoms with E-state index in [9.17, 15) is 4.79 Å². The van der Waals surface area contributed by atoms with Crippen LogP contribution in [-0.2, 0) is 0 Å². The molecule has 0 saturated carbocycles. The van der Waals surface area contributed by atoms with Crippen LogP contribution in [-0.4, -0.2) is 35.5 Å². The summed E-state index contributed by atoms with van der Waals surface area (Å²) >= 11 is 3.43. The lowest BCUT2D eigenvalue weighted by Crippen LogP contribution is -2.50. The minimum atomic E-state index is 0.0201. The molecule has 1 heterocycles. The number of hydrogen-bond acceptors (Lipinski definition) is 2. The van der Waals surface area contributed by atoms with Crippen LogP contribution in [0.2, 0.25) is 0 Å². The number of benzene rings is 1. The molecule has 1 aromatic rings. The van der Waals surface area contributed by atoms with Crippen LogP contribution in [0.1, 0.15) is 44.0 Å². The van der Waals surface area contributed by atoms with Crippen molar-refractivity contribution in [3.63, 3.8) is 0 Å². The Labute approximate surface area is 129 Å². The topological polar surface area (TPSA) is 32.3 Å². The molecule has 4 heteroatoms. The molecule has 0 aliphatic carbocycles. The Balaban J connectivity index is 1.90. The fourth-order valence-corrected chi connectivity index (χ4v) is 3.07. The fourth-order valence-electron chi connectivity index (χ4n) is 2.60. The summed E-state index contributed by atoms with van der Waals surface area (Å²) in [5, 5.41) is 3.15. The Bertz CT molecular complexity index is 474. The Kier molecular flexibility index (Phi) is 4.86. The zero-order valence-electron chi connectivity index (χ0n) is 12.4. The highest BCUT2D eigenvalue weighted by Crippen LogP contribution is 2.21. The zero-order chi connectivity index (χ0) is 14.8. The average Bonchev–Trinajstić information content (AvgIpc) is 2.38. The molecular formula is C16H23BrN2O. The van der Waals surface area contributed by atoms with Gasteiger partial charge in [-0.15, -0.1) is 0 Å². The minimum absolute atomic E-state index is 0.0201. The first kappa shape index (κ1) is 15.5. The number of carbonyl (C=O) groups is 1. The van der Waals surface area contributed by atoms with E-state index in [0.29, 0.717) is 5.56 Å². The number of nitrogens with zero attached hydrogens (tertiary/aromatic N) is 1. The van der Waals surface area contributed by atoms with Crippen LogP contribution < -0.4 is 5.32 Å². The van der Waals surface area contributed by atoms with Gasteiger partial charge in [0.1, 0.15) is 0 Å². The smallest absolute Gasteiger partial charge is 0.252 e.